The molecule has 0 spiro atoms. The number of rotatable bonds is 12. The number of fused-ring (bicyclic) bond motifs is 2. The highest BCUT2D eigenvalue weighted by molar-refractivity contribution is 7.92. The van der Waals surface area contributed by atoms with E-state index in [2.05, 4.69) is 30.4 Å². The Morgan fingerprint density at radius 2 is 1.12 bits per heavy atom. The Hall–Kier alpha value is -6.45. The van der Waals surface area contributed by atoms with E-state index in [9.17, 15) is 31.2 Å². The fourth-order valence-electron chi connectivity index (χ4n) is 6.88. The number of carbonyl (C=O) groups is 3. The highest BCUT2D eigenvalue weighted by atomic mass is 35.5. The topological polar surface area (TPSA) is 237 Å². The summed E-state index contributed by atoms with van der Waals surface area (Å²) >= 11 is 8.60. The third-order valence-corrected chi connectivity index (χ3v) is 14.0. The predicted molar refractivity (Wildman–Crippen MR) is 281 cm³/mol. The first-order chi connectivity index (χ1) is 32.1. The summed E-state index contributed by atoms with van der Waals surface area (Å²) in [5, 5.41) is 10.3. The van der Waals surface area contributed by atoms with E-state index >= 15 is 0 Å². The molecule has 69 heavy (non-hydrogen) atoms. The van der Waals surface area contributed by atoms with Crippen molar-refractivity contribution in [2.24, 2.45) is 0 Å². The second-order valence-corrected chi connectivity index (χ2v) is 23.9. The molecule has 0 aliphatic rings. The Kier molecular flexibility index (Phi) is 15.2. The standard InChI is InChI=1S/C27H27ClN4O5S2.C21H25N3O4S2/c1-27(2,3)16-13-19(22(37-4)20(14-16)32-39(5,35)36)31-26(34)21-12-15-8-6-10-18(23(15)38-21)30-25(33)17-9-7-11-29-24(17)28;1-21(2,3)12-9-15(19(28-4)16(10-12)24-30(5,26)27)23-20(25)18-11-13-14(22)7-6-8-17(13)29-18/h6-14,32H,1-5H3,(H,30,33)(H,31,34);6-11,24H,22H2,1-5H3,(H,23,25). The van der Waals surface area contributed by atoms with Crippen LogP contribution in [-0.2, 0) is 30.9 Å². The van der Waals surface area contributed by atoms with Crippen LogP contribution in [0.2, 0.25) is 5.15 Å². The van der Waals surface area contributed by atoms with Gasteiger partial charge in [0.25, 0.3) is 17.7 Å². The Morgan fingerprint density at radius 3 is 1.59 bits per heavy atom. The number of nitrogens with zero attached hydrogens (tertiary/aromatic N) is 1. The lowest BCUT2D eigenvalue weighted by atomic mass is 9.86. The molecule has 7 aromatic rings. The van der Waals surface area contributed by atoms with Crippen molar-refractivity contribution in [2.45, 2.75) is 52.4 Å². The minimum Gasteiger partial charge on any atom is -0.492 e. The third-order valence-electron chi connectivity index (χ3n) is 10.2. The minimum atomic E-state index is -3.61. The molecule has 0 bridgehead atoms. The molecule has 3 amide bonds. The first kappa shape index (κ1) is 51.9. The van der Waals surface area contributed by atoms with E-state index in [-0.39, 0.29) is 50.3 Å². The second-order valence-electron chi connectivity index (χ2n) is 17.9. The lowest BCUT2D eigenvalue weighted by Gasteiger charge is -2.23. The number of ether oxygens (including phenoxy) is 2. The highest BCUT2D eigenvalue weighted by Crippen LogP contribution is 2.42. The summed E-state index contributed by atoms with van der Waals surface area (Å²) in [6, 6.07) is 24.5. The summed E-state index contributed by atoms with van der Waals surface area (Å²) < 4.78 is 65.2. The van der Waals surface area contributed by atoms with Crippen molar-refractivity contribution in [3.63, 3.8) is 0 Å². The van der Waals surface area contributed by atoms with Gasteiger partial charge in [-0.1, -0.05) is 71.3 Å². The molecule has 0 aliphatic carbocycles. The van der Waals surface area contributed by atoms with E-state index in [4.69, 9.17) is 26.8 Å². The van der Waals surface area contributed by atoms with Gasteiger partial charge in [-0.25, -0.2) is 21.8 Å². The molecule has 3 aromatic heterocycles. The summed E-state index contributed by atoms with van der Waals surface area (Å²) in [5.74, 6) is -0.745. The number of carbonyl (C=O) groups excluding carboxylic acids is 3. The molecule has 7 N–H and O–H groups in total. The summed E-state index contributed by atoms with van der Waals surface area (Å²) in [5.41, 5.74) is 9.55. The number of amides is 3. The molecule has 0 aliphatic heterocycles. The van der Waals surface area contributed by atoms with Crippen LogP contribution in [0.1, 0.15) is 82.4 Å². The van der Waals surface area contributed by atoms with Crippen LogP contribution in [0.3, 0.4) is 0 Å². The number of hydrogen-bond donors (Lipinski definition) is 6. The number of pyridine rings is 1. The molecule has 7 rings (SSSR count). The smallest absolute Gasteiger partial charge is 0.265 e. The Balaban J connectivity index is 0.000000235. The number of halogens is 1. The van der Waals surface area contributed by atoms with Crippen LogP contribution in [0.4, 0.5) is 34.1 Å². The lowest BCUT2D eigenvalue weighted by Crippen LogP contribution is -2.18. The Bertz CT molecular complexity index is 3360. The molecule has 0 unspecified atom stereocenters. The van der Waals surface area contributed by atoms with Gasteiger partial charge in [-0.2, -0.15) is 0 Å². The van der Waals surface area contributed by atoms with Gasteiger partial charge in [-0.15, -0.1) is 22.7 Å². The molecular formula is C48H52ClN7O9S4. The first-order valence-corrected chi connectivity index (χ1v) is 26.7. The van der Waals surface area contributed by atoms with Gasteiger partial charge in [0.1, 0.15) is 5.15 Å². The molecule has 0 fully saturated rings. The average molecular weight is 1030 g/mol. The number of nitrogens with two attached hydrogens (primary N) is 1. The molecule has 364 valence electrons. The van der Waals surface area contributed by atoms with Gasteiger partial charge in [-0.05, 0) is 94.1 Å². The van der Waals surface area contributed by atoms with Crippen molar-refractivity contribution in [1.82, 2.24) is 4.98 Å². The van der Waals surface area contributed by atoms with Crippen molar-refractivity contribution in [3.8, 4) is 11.5 Å². The normalized spacial score (nSPS) is 11.9. The number of benzene rings is 4. The summed E-state index contributed by atoms with van der Waals surface area (Å²) in [6.07, 6.45) is 3.61. The number of anilines is 6. The molecule has 0 atom stereocenters. The van der Waals surface area contributed by atoms with Crippen molar-refractivity contribution < 1.29 is 40.7 Å². The number of thiophene rings is 2. The fraction of sp³-hybridized carbons (Fsp3) is 0.250. The largest absolute Gasteiger partial charge is 0.492 e. The second kappa shape index (κ2) is 20.3. The van der Waals surface area contributed by atoms with E-state index in [1.54, 1.807) is 66.7 Å². The molecular weight excluding hydrogens is 982 g/mol. The van der Waals surface area contributed by atoms with Crippen LogP contribution in [0.5, 0.6) is 11.5 Å². The number of hydrogen-bond acceptors (Lipinski definition) is 13. The van der Waals surface area contributed by atoms with Crippen LogP contribution in [0.15, 0.2) is 91.1 Å². The van der Waals surface area contributed by atoms with Gasteiger partial charge in [0, 0.05) is 22.0 Å². The van der Waals surface area contributed by atoms with E-state index in [1.165, 1.54) is 43.1 Å². The fourth-order valence-corrected chi connectivity index (χ4v) is 10.2. The molecule has 3 heterocycles. The average Bonchev–Trinajstić information content (AvgIpc) is 3.89. The van der Waals surface area contributed by atoms with Gasteiger partial charge >= 0.3 is 0 Å². The van der Waals surface area contributed by atoms with E-state index in [0.29, 0.717) is 37.2 Å². The zero-order valence-electron chi connectivity index (χ0n) is 39.4. The maximum atomic E-state index is 13.4. The van der Waals surface area contributed by atoms with Crippen molar-refractivity contribution in [3.05, 3.63) is 123 Å². The summed E-state index contributed by atoms with van der Waals surface area (Å²) in [7, 11) is -4.33. The van der Waals surface area contributed by atoms with Gasteiger partial charge in [-0.3, -0.25) is 23.8 Å². The number of sulfonamides is 2. The first-order valence-electron chi connectivity index (χ1n) is 20.9. The molecule has 0 saturated carbocycles. The molecule has 21 heteroatoms. The van der Waals surface area contributed by atoms with E-state index in [1.807, 2.05) is 59.7 Å². The van der Waals surface area contributed by atoms with Crippen molar-refractivity contribution >= 4 is 126 Å². The molecule has 4 aromatic carbocycles. The highest BCUT2D eigenvalue weighted by Gasteiger charge is 2.25. The third kappa shape index (κ3) is 12.8. The van der Waals surface area contributed by atoms with Crippen LogP contribution in [0.25, 0.3) is 20.2 Å². The Morgan fingerprint density at radius 1 is 0.623 bits per heavy atom. The zero-order valence-corrected chi connectivity index (χ0v) is 43.4. The monoisotopic (exact) mass is 1030 g/mol. The Labute approximate surface area is 414 Å². The van der Waals surface area contributed by atoms with Crippen molar-refractivity contribution in [2.75, 3.05) is 57.9 Å². The van der Waals surface area contributed by atoms with Gasteiger partial charge < -0.3 is 31.2 Å². The minimum absolute atomic E-state index is 0.0876. The van der Waals surface area contributed by atoms with Gasteiger partial charge in [0.15, 0.2) is 11.5 Å². The van der Waals surface area contributed by atoms with Crippen LogP contribution in [0, 0.1) is 0 Å². The van der Waals surface area contributed by atoms with Crippen molar-refractivity contribution in [1.29, 1.82) is 0 Å². The number of methoxy groups -OCH3 is 2. The van der Waals surface area contributed by atoms with Crippen LogP contribution < -0.4 is 40.6 Å². The summed E-state index contributed by atoms with van der Waals surface area (Å²) in [4.78, 5) is 44.0. The van der Waals surface area contributed by atoms with E-state index < -0.39 is 31.9 Å². The predicted octanol–water partition coefficient (Wildman–Crippen LogP) is 10.5. The number of aromatic nitrogens is 1. The zero-order chi connectivity index (χ0) is 50.8. The quantitative estimate of drug-likeness (QED) is 0.0497. The summed E-state index contributed by atoms with van der Waals surface area (Å²) in [6.45, 7) is 11.9. The van der Waals surface area contributed by atoms with E-state index in [0.717, 1.165) is 39.1 Å². The van der Waals surface area contributed by atoms with Crippen LogP contribution in [-0.4, -0.2) is 66.3 Å². The molecule has 0 radical (unpaired) electrons. The number of nitrogen functional groups attached to an aromatic ring is 1. The molecule has 16 nitrogen and oxygen atoms in total. The maximum Gasteiger partial charge on any atom is 0.265 e. The molecule has 0 saturated heterocycles. The van der Waals surface area contributed by atoms with Gasteiger partial charge in [0.2, 0.25) is 20.0 Å². The lowest BCUT2D eigenvalue weighted by molar-refractivity contribution is 0.102. The maximum absolute atomic E-state index is 13.4. The van der Waals surface area contributed by atoms with Gasteiger partial charge in [0.05, 0.1) is 75.2 Å². The number of nitrogens with one attached hydrogen (secondary N) is 5. The SMILES string of the molecule is COc1c(NC(=O)c2cc3c(N)cccc3s2)cc(C(C)(C)C)cc1NS(C)(=O)=O.COc1c(NC(=O)c2cc3cccc(NC(=O)c4cccnc4Cl)c3s2)cc(C(C)(C)C)cc1NS(C)(=O)=O. The van der Waals surface area contributed by atoms with Crippen LogP contribution >= 0.6 is 34.3 Å².